The Morgan fingerprint density at radius 1 is 1.22 bits per heavy atom. The Kier molecular flexibility index (Phi) is 3.37. The number of rotatable bonds is 3. The van der Waals surface area contributed by atoms with Gasteiger partial charge in [0, 0.05) is 24.7 Å². The Morgan fingerprint density at radius 3 is 2.43 bits per heavy atom. The van der Waals surface area contributed by atoms with E-state index in [1.54, 1.807) is 18.2 Å². The molecule has 1 aliphatic heterocycles. The predicted molar refractivity (Wildman–Crippen MR) is 80.7 cm³/mol. The van der Waals surface area contributed by atoms with Gasteiger partial charge in [0.1, 0.15) is 6.10 Å². The van der Waals surface area contributed by atoms with Crippen LogP contribution in [0.5, 0.6) is 0 Å². The zero-order valence-corrected chi connectivity index (χ0v) is 12.1. The maximum atomic E-state index is 15.5. The second kappa shape index (κ2) is 5.13. The summed E-state index contributed by atoms with van der Waals surface area (Å²) in [4.78, 5) is 23.6. The lowest BCUT2D eigenvalue weighted by Gasteiger charge is -2.25. The Bertz CT molecular complexity index is 793. The van der Waals surface area contributed by atoms with E-state index in [2.05, 4.69) is 0 Å². The highest BCUT2D eigenvalue weighted by Crippen LogP contribution is 2.49. The molecule has 0 aliphatic carbocycles. The minimum Gasteiger partial charge on any atom is -0.384 e. The summed E-state index contributed by atoms with van der Waals surface area (Å²) < 4.78 is 15.5. The van der Waals surface area contributed by atoms with Crippen LogP contribution < -0.4 is 4.90 Å². The number of nitrogens with zero attached hydrogens (tertiary/aromatic N) is 2. The van der Waals surface area contributed by atoms with E-state index >= 15 is 4.39 Å². The first kappa shape index (κ1) is 15.1. The van der Waals surface area contributed by atoms with Gasteiger partial charge in [-0.1, -0.05) is 18.2 Å². The summed E-state index contributed by atoms with van der Waals surface area (Å²) in [6.45, 7) is 0. The van der Waals surface area contributed by atoms with Crippen LogP contribution in [0.4, 0.5) is 15.8 Å². The lowest BCUT2D eigenvalue weighted by atomic mass is 9.87. The van der Waals surface area contributed by atoms with Crippen molar-refractivity contribution in [3.05, 3.63) is 69.8 Å². The van der Waals surface area contributed by atoms with Crippen molar-refractivity contribution in [3.63, 3.8) is 0 Å². The van der Waals surface area contributed by atoms with E-state index in [0.29, 0.717) is 5.69 Å². The number of non-ortho nitro benzene ring substituents is 1. The number of aliphatic hydroxyl groups excluding tert-OH is 1. The van der Waals surface area contributed by atoms with Crippen LogP contribution >= 0.6 is 0 Å². The molecule has 1 aliphatic rings. The number of hydrogen-bond donors (Lipinski definition) is 1. The van der Waals surface area contributed by atoms with Gasteiger partial charge < -0.3 is 10.0 Å². The van der Waals surface area contributed by atoms with Crippen molar-refractivity contribution in [3.8, 4) is 0 Å². The van der Waals surface area contributed by atoms with Crippen LogP contribution in [0.25, 0.3) is 0 Å². The second-order valence-corrected chi connectivity index (χ2v) is 5.34. The Balaban J connectivity index is 2.06. The van der Waals surface area contributed by atoms with Gasteiger partial charge >= 0.3 is 0 Å². The van der Waals surface area contributed by atoms with Crippen molar-refractivity contribution >= 4 is 17.3 Å². The van der Waals surface area contributed by atoms with Crippen molar-refractivity contribution in [2.45, 2.75) is 11.8 Å². The average molecular weight is 316 g/mol. The van der Waals surface area contributed by atoms with E-state index in [1.807, 2.05) is 0 Å². The van der Waals surface area contributed by atoms with Gasteiger partial charge in [-0.3, -0.25) is 14.9 Å². The molecule has 118 valence electrons. The first-order valence-corrected chi connectivity index (χ1v) is 6.86. The number of benzene rings is 2. The molecule has 0 aromatic heterocycles. The maximum Gasteiger partial charge on any atom is 0.272 e. The third-order valence-corrected chi connectivity index (χ3v) is 4.07. The number of amides is 1. The van der Waals surface area contributed by atoms with E-state index in [4.69, 9.17) is 0 Å². The summed E-state index contributed by atoms with van der Waals surface area (Å²) in [6.07, 6.45) is -1.76. The molecule has 1 unspecified atom stereocenters. The predicted octanol–water partition coefficient (Wildman–Crippen LogP) is 2.47. The molecule has 7 heteroatoms. The Hall–Kier alpha value is -2.80. The minimum atomic E-state index is -2.62. The lowest BCUT2D eigenvalue weighted by Crippen LogP contribution is -2.39. The van der Waals surface area contributed by atoms with Crippen molar-refractivity contribution in [1.82, 2.24) is 0 Å². The average Bonchev–Trinajstić information content (AvgIpc) is 2.77. The Labute approximate surface area is 130 Å². The van der Waals surface area contributed by atoms with Crippen molar-refractivity contribution < 1.29 is 19.2 Å². The normalized spacial score (nSPS) is 21.2. The number of carbonyl (C=O) groups excluding carboxylic acids is 1. The summed E-state index contributed by atoms with van der Waals surface area (Å²) >= 11 is 0. The van der Waals surface area contributed by atoms with E-state index in [0.717, 1.165) is 17.0 Å². The first-order chi connectivity index (χ1) is 10.9. The molecular weight excluding hydrogens is 303 g/mol. The zero-order valence-electron chi connectivity index (χ0n) is 12.1. The Morgan fingerprint density at radius 2 is 1.83 bits per heavy atom. The molecule has 0 bridgehead atoms. The third-order valence-electron chi connectivity index (χ3n) is 4.07. The summed E-state index contributed by atoms with van der Waals surface area (Å²) in [6, 6.07) is 11.1. The summed E-state index contributed by atoms with van der Waals surface area (Å²) in [5.74, 6) is -0.871. The zero-order chi connectivity index (χ0) is 16.8. The molecule has 0 spiro atoms. The molecule has 1 heterocycles. The van der Waals surface area contributed by atoms with Gasteiger partial charge in [-0.2, -0.15) is 0 Å². The van der Waals surface area contributed by atoms with Crippen molar-refractivity contribution in [2.24, 2.45) is 0 Å². The van der Waals surface area contributed by atoms with Gasteiger partial charge in [0.05, 0.1) is 10.6 Å². The van der Waals surface area contributed by atoms with Crippen LogP contribution in [0, 0.1) is 10.1 Å². The molecule has 0 fully saturated rings. The number of carbonyl (C=O) groups is 1. The number of para-hydroxylation sites is 1. The fraction of sp³-hybridized carbons (Fsp3) is 0.188. The van der Waals surface area contributed by atoms with Crippen molar-refractivity contribution in [2.75, 3.05) is 11.9 Å². The number of hydrogen-bond acceptors (Lipinski definition) is 4. The highest BCUT2D eigenvalue weighted by atomic mass is 19.1. The number of aliphatic hydroxyl groups is 1. The van der Waals surface area contributed by atoms with Gasteiger partial charge in [0.25, 0.3) is 11.6 Å². The number of anilines is 1. The number of nitro groups is 1. The van der Waals surface area contributed by atoms with Crippen molar-refractivity contribution in [1.29, 1.82) is 0 Å². The number of alkyl halides is 1. The lowest BCUT2D eigenvalue weighted by molar-refractivity contribution is -0.384. The van der Waals surface area contributed by atoms with E-state index in [1.165, 1.54) is 25.2 Å². The van der Waals surface area contributed by atoms with Crippen LogP contribution in [-0.2, 0) is 10.5 Å². The molecule has 0 saturated carbocycles. The summed E-state index contributed by atoms with van der Waals surface area (Å²) in [5.41, 5.74) is -2.23. The van der Waals surface area contributed by atoms with E-state index in [9.17, 15) is 20.0 Å². The number of likely N-dealkylation sites (N-methyl/N-ethyl adjacent to an activating group) is 1. The summed E-state index contributed by atoms with van der Waals surface area (Å²) in [5, 5.41) is 21.1. The maximum absolute atomic E-state index is 15.5. The standard InChI is InChI=1S/C16H13FN2O4/c1-18-13-5-3-2-4-12(13)16(17,15(18)21)14(20)10-6-8-11(9-7-10)19(22)23/h2-9,14,20H,1H3/t14?,16-/m1/s1. The van der Waals surface area contributed by atoms with E-state index in [-0.39, 0.29) is 16.8 Å². The van der Waals surface area contributed by atoms with Gasteiger partial charge in [-0.15, -0.1) is 0 Å². The molecule has 1 N–H and O–H groups in total. The minimum absolute atomic E-state index is 0.0818. The van der Waals surface area contributed by atoms with Crippen LogP contribution in [0.3, 0.4) is 0 Å². The third kappa shape index (κ3) is 2.08. The number of halogens is 1. The number of fused-ring (bicyclic) bond motifs is 1. The smallest absolute Gasteiger partial charge is 0.272 e. The van der Waals surface area contributed by atoms with E-state index < -0.39 is 22.6 Å². The van der Waals surface area contributed by atoms with Gasteiger partial charge in [-0.25, -0.2) is 4.39 Å². The number of nitro benzene ring substituents is 1. The van der Waals surface area contributed by atoms with Crippen LogP contribution in [0.15, 0.2) is 48.5 Å². The summed E-state index contributed by atoms with van der Waals surface area (Å²) in [7, 11) is 1.44. The quantitative estimate of drug-likeness (QED) is 0.696. The molecule has 2 aromatic carbocycles. The van der Waals surface area contributed by atoms with Gasteiger partial charge in [0.2, 0.25) is 5.67 Å². The first-order valence-electron chi connectivity index (χ1n) is 6.86. The van der Waals surface area contributed by atoms with Gasteiger partial charge in [0.15, 0.2) is 0 Å². The monoisotopic (exact) mass is 316 g/mol. The highest BCUT2D eigenvalue weighted by molar-refractivity contribution is 6.07. The molecule has 23 heavy (non-hydrogen) atoms. The SMILES string of the molecule is CN1C(=O)[C@](F)(C(O)c2ccc([N+](=O)[O-])cc2)c2ccccc21. The molecule has 2 atom stereocenters. The van der Waals surface area contributed by atoms with Gasteiger partial charge in [-0.05, 0) is 23.8 Å². The molecule has 3 rings (SSSR count). The van der Waals surface area contributed by atoms with Crippen LogP contribution in [0.2, 0.25) is 0 Å². The largest absolute Gasteiger partial charge is 0.384 e. The molecule has 6 nitrogen and oxygen atoms in total. The molecule has 2 aromatic rings. The molecule has 0 radical (unpaired) electrons. The molecular formula is C16H13FN2O4. The van der Waals surface area contributed by atoms with Crippen LogP contribution in [0.1, 0.15) is 17.2 Å². The molecule has 0 saturated heterocycles. The highest BCUT2D eigenvalue weighted by Gasteiger charge is 2.56. The molecule has 1 amide bonds. The fourth-order valence-electron chi connectivity index (χ4n) is 2.81. The second-order valence-electron chi connectivity index (χ2n) is 5.34. The van der Waals surface area contributed by atoms with Crippen LogP contribution in [-0.4, -0.2) is 23.0 Å². The topological polar surface area (TPSA) is 83.7 Å². The fourth-order valence-corrected chi connectivity index (χ4v) is 2.81.